The van der Waals surface area contributed by atoms with Crippen molar-refractivity contribution >= 4 is 16.6 Å². The standard InChI is InChI=1S/C14H15F3N2/c1-9(2)8-18-12-7-13(14(15,16)17)19-11-6-4-3-5-10(11)12/h3-7,9H,8H2,1-2H3,(H,18,19). The Balaban J connectivity index is 2.52. The fourth-order valence-corrected chi connectivity index (χ4v) is 1.78. The number of anilines is 1. The van der Waals surface area contributed by atoms with Crippen molar-refractivity contribution in [1.29, 1.82) is 0 Å². The van der Waals surface area contributed by atoms with E-state index in [9.17, 15) is 13.2 Å². The van der Waals surface area contributed by atoms with E-state index in [0.717, 1.165) is 6.07 Å². The summed E-state index contributed by atoms with van der Waals surface area (Å²) in [7, 11) is 0. The second kappa shape index (κ2) is 5.07. The number of alkyl halides is 3. The van der Waals surface area contributed by atoms with Crippen LogP contribution in [-0.2, 0) is 6.18 Å². The quantitative estimate of drug-likeness (QED) is 0.896. The molecule has 5 heteroatoms. The number of aromatic nitrogens is 1. The third-order valence-electron chi connectivity index (χ3n) is 2.71. The minimum atomic E-state index is -4.43. The molecule has 0 saturated heterocycles. The predicted molar refractivity (Wildman–Crippen MR) is 70.1 cm³/mol. The van der Waals surface area contributed by atoms with Crippen molar-refractivity contribution in [2.45, 2.75) is 20.0 Å². The lowest BCUT2D eigenvalue weighted by Crippen LogP contribution is -2.12. The van der Waals surface area contributed by atoms with Crippen LogP contribution in [0, 0.1) is 5.92 Å². The van der Waals surface area contributed by atoms with Crippen LogP contribution in [-0.4, -0.2) is 11.5 Å². The molecule has 1 aromatic carbocycles. The van der Waals surface area contributed by atoms with Gasteiger partial charge in [0.25, 0.3) is 0 Å². The molecule has 0 amide bonds. The summed E-state index contributed by atoms with van der Waals surface area (Å²) in [5.41, 5.74) is -0.0346. The topological polar surface area (TPSA) is 24.9 Å². The highest BCUT2D eigenvalue weighted by atomic mass is 19.4. The minimum absolute atomic E-state index is 0.348. The molecule has 0 aliphatic carbocycles. The zero-order valence-electron chi connectivity index (χ0n) is 10.8. The molecule has 1 aromatic heterocycles. The van der Waals surface area contributed by atoms with Crippen LogP contribution in [0.1, 0.15) is 19.5 Å². The monoisotopic (exact) mass is 268 g/mol. The number of pyridine rings is 1. The van der Waals surface area contributed by atoms with Gasteiger partial charge in [-0.3, -0.25) is 0 Å². The number of para-hydroxylation sites is 1. The summed E-state index contributed by atoms with van der Waals surface area (Å²) in [4.78, 5) is 3.67. The molecule has 0 aliphatic rings. The lowest BCUT2D eigenvalue weighted by Gasteiger charge is -2.14. The summed E-state index contributed by atoms with van der Waals surface area (Å²) < 4.78 is 38.4. The number of hydrogen-bond donors (Lipinski definition) is 1. The number of nitrogens with zero attached hydrogens (tertiary/aromatic N) is 1. The molecule has 0 atom stereocenters. The van der Waals surface area contributed by atoms with Gasteiger partial charge in [0.2, 0.25) is 0 Å². The molecule has 2 rings (SSSR count). The maximum atomic E-state index is 12.8. The first-order chi connectivity index (χ1) is 8.88. The Bertz CT molecular complexity index is 576. The van der Waals surface area contributed by atoms with Gasteiger partial charge in [-0.05, 0) is 18.1 Å². The maximum Gasteiger partial charge on any atom is 0.433 e. The van der Waals surface area contributed by atoms with Crippen LogP contribution in [0.5, 0.6) is 0 Å². The summed E-state index contributed by atoms with van der Waals surface area (Å²) >= 11 is 0. The number of nitrogens with one attached hydrogen (secondary N) is 1. The van der Waals surface area contributed by atoms with E-state index in [1.165, 1.54) is 0 Å². The smallest absolute Gasteiger partial charge is 0.384 e. The molecule has 0 aliphatic heterocycles. The number of benzene rings is 1. The average molecular weight is 268 g/mol. The van der Waals surface area contributed by atoms with E-state index in [-0.39, 0.29) is 0 Å². The van der Waals surface area contributed by atoms with E-state index in [1.807, 2.05) is 13.8 Å². The molecule has 2 aromatic rings. The molecular formula is C14H15F3N2. The van der Waals surface area contributed by atoms with Crippen molar-refractivity contribution in [3.63, 3.8) is 0 Å². The molecule has 19 heavy (non-hydrogen) atoms. The lowest BCUT2D eigenvalue weighted by molar-refractivity contribution is -0.140. The molecule has 1 heterocycles. The van der Waals surface area contributed by atoms with Gasteiger partial charge in [-0.1, -0.05) is 32.0 Å². The van der Waals surface area contributed by atoms with Crippen LogP contribution >= 0.6 is 0 Å². The second-order valence-electron chi connectivity index (χ2n) is 4.84. The molecule has 102 valence electrons. The first-order valence-electron chi connectivity index (χ1n) is 6.09. The molecule has 0 fully saturated rings. The van der Waals surface area contributed by atoms with Crippen molar-refractivity contribution < 1.29 is 13.2 Å². The van der Waals surface area contributed by atoms with Crippen LogP contribution in [0.4, 0.5) is 18.9 Å². The van der Waals surface area contributed by atoms with Crippen LogP contribution < -0.4 is 5.32 Å². The van der Waals surface area contributed by atoms with Gasteiger partial charge in [0.15, 0.2) is 0 Å². The Morgan fingerprint density at radius 2 is 1.89 bits per heavy atom. The highest BCUT2D eigenvalue weighted by molar-refractivity contribution is 5.91. The fraction of sp³-hybridized carbons (Fsp3) is 0.357. The van der Waals surface area contributed by atoms with Crippen molar-refractivity contribution in [3.8, 4) is 0 Å². The SMILES string of the molecule is CC(C)CNc1cc(C(F)(F)F)nc2ccccc12. The lowest BCUT2D eigenvalue weighted by atomic mass is 10.1. The van der Waals surface area contributed by atoms with Crippen LogP contribution in [0.2, 0.25) is 0 Å². The van der Waals surface area contributed by atoms with Gasteiger partial charge in [-0.25, -0.2) is 4.98 Å². The molecule has 0 bridgehead atoms. The number of halogens is 3. The summed E-state index contributed by atoms with van der Waals surface area (Å²) in [6, 6.07) is 7.90. The predicted octanol–water partition coefficient (Wildman–Crippen LogP) is 4.32. The molecular weight excluding hydrogens is 253 g/mol. The van der Waals surface area contributed by atoms with E-state index in [0.29, 0.717) is 29.1 Å². The van der Waals surface area contributed by atoms with Gasteiger partial charge in [0, 0.05) is 17.6 Å². The normalized spacial score (nSPS) is 12.1. The van der Waals surface area contributed by atoms with Crippen molar-refractivity contribution in [2.24, 2.45) is 5.92 Å². The van der Waals surface area contributed by atoms with Gasteiger partial charge < -0.3 is 5.32 Å². The van der Waals surface area contributed by atoms with Crippen molar-refractivity contribution in [2.75, 3.05) is 11.9 Å². The zero-order valence-corrected chi connectivity index (χ0v) is 10.8. The second-order valence-corrected chi connectivity index (χ2v) is 4.84. The van der Waals surface area contributed by atoms with Gasteiger partial charge in [-0.15, -0.1) is 0 Å². The summed E-state index contributed by atoms with van der Waals surface area (Å²) in [6.07, 6.45) is -4.43. The van der Waals surface area contributed by atoms with Gasteiger partial charge >= 0.3 is 6.18 Å². The Labute approximate surface area is 109 Å². The Morgan fingerprint density at radius 1 is 1.21 bits per heavy atom. The maximum absolute atomic E-state index is 12.8. The van der Waals surface area contributed by atoms with Gasteiger partial charge in [-0.2, -0.15) is 13.2 Å². The molecule has 0 unspecified atom stereocenters. The Hall–Kier alpha value is -1.78. The van der Waals surface area contributed by atoms with Crippen LogP contribution in [0.25, 0.3) is 10.9 Å². The number of fused-ring (bicyclic) bond motifs is 1. The van der Waals surface area contributed by atoms with E-state index in [4.69, 9.17) is 0 Å². The summed E-state index contributed by atoms with van der Waals surface area (Å²) in [5, 5.41) is 3.76. The highest BCUT2D eigenvalue weighted by Crippen LogP contribution is 2.32. The van der Waals surface area contributed by atoms with E-state index in [2.05, 4.69) is 10.3 Å². The van der Waals surface area contributed by atoms with E-state index >= 15 is 0 Å². The highest BCUT2D eigenvalue weighted by Gasteiger charge is 2.33. The largest absolute Gasteiger partial charge is 0.433 e. The molecule has 0 saturated carbocycles. The third-order valence-corrected chi connectivity index (χ3v) is 2.71. The Kier molecular flexibility index (Phi) is 3.64. The van der Waals surface area contributed by atoms with Gasteiger partial charge in [0.05, 0.1) is 5.52 Å². The number of hydrogen-bond acceptors (Lipinski definition) is 2. The first-order valence-corrected chi connectivity index (χ1v) is 6.09. The fourth-order valence-electron chi connectivity index (χ4n) is 1.78. The average Bonchev–Trinajstić information content (AvgIpc) is 2.34. The van der Waals surface area contributed by atoms with E-state index in [1.54, 1.807) is 24.3 Å². The third kappa shape index (κ3) is 3.16. The minimum Gasteiger partial charge on any atom is -0.384 e. The molecule has 0 radical (unpaired) electrons. The van der Waals surface area contributed by atoms with Crippen molar-refractivity contribution in [1.82, 2.24) is 4.98 Å². The van der Waals surface area contributed by atoms with Gasteiger partial charge in [0.1, 0.15) is 5.69 Å². The van der Waals surface area contributed by atoms with Crippen LogP contribution in [0.3, 0.4) is 0 Å². The first kappa shape index (κ1) is 13.6. The molecule has 2 nitrogen and oxygen atoms in total. The van der Waals surface area contributed by atoms with Crippen LogP contribution in [0.15, 0.2) is 30.3 Å². The molecule has 1 N–H and O–H groups in total. The summed E-state index contributed by atoms with van der Waals surface area (Å²) in [5.74, 6) is 0.348. The zero-order chi connectivity index (χ0) is 14.0. The van der Waals surface area contributed by atoms with Crippen molar-refractivity contribution in [3.05, 3.63) is 36.0 Å². The van der Waals surface area contributed by atoms with E-state index < -0.39 is 11.9 Å². The number of rotatable bonds is 3. The Morgan fingerprint density at radius 3 is 2.53 bits per heavy atom. The summed E-state index contributed by atoms with van der Waals surface area (Å²) in [6.45, 7) is 4.62. The molecule has 0 spiro atoms.